The van der Waals surface area contributed by atoms with Crippen molar-refractivity contribution in [1.29, 1.82) is 0 Å². The van der Waals surface area contributed by atoms with Gasteiger partial charge in [-0.1, -0.05) is 0 Å². The SMILES string of the molecule is Cc1cc(Oc2ccc(C(=O)O)cn2)n(C)n1. The lowest BCUT2D eigenvalue weighted by atomic mass is 10.3. The average molecular weight is 233 g/mol. The minimum atomic E-state index is -1.01. The lowest BCUT2D eigenvalue weighted by molar-refractivity contribution is 0.0696. The van der Waals surface area contributed by atoms with E-state index < -0.39 is 5.97 Å². The summed E-state index contributed by atoms with van der Waals surface area (Å²) in [4.78, 5) is 14.5. The molecule has 1 N–H and O–H groups in total. The highest BCUT2D eigenvalue weighted by molar-refractivity contribution is 5.87. The molecule has 0 spiro atoms. The van der Waals surface area contributed by atoms with Crippen molar-refractivity contribution in [1.82, 2.24) is 14.8 Å². The summed E-state index contributed by atoms with van der Waals surface area (Å²) in [5.41, 5.74) is 0.961. The van der Waals surface area contributed by atoms with Crippen LogP contribution in [0.3, 0.4) is 0 Å². The minimum absolute atomic E-state index is 0.124. The van der Waals surface area contributed by atoms with E-state index in [2.05, 4.69) is 10.1 Å². The molecule has 0 radical (unpaired) electrons. The van der Waals surface area contributed by atoms with E-state index in [1.807, 2.05) is 6.92 Å². The van der Waals surface area contributed by atoms with Gasteiger partial charge in [0, 0.05) is 25.4 Å². The number of rotatable bonds is 3. The fraction of sp³-hybridized carbons (Fsp3) is 0.182. The Labute approximate surface area is 97.5 Å². The Kier molecular flexibility index (Phi) is 2.78. The first-order chi connectivity index (χ1) is 8.06. The Bertz CT molecular complexity index is 546. The zero-order valence-corrected chi connectivity index (χ0v) is 9.41. The third-order valence-corrected chi connectivity index (χ3v) is 2.15. The fourth-order valence-corrected chi connectivity index (χ4v) is 1.36. The molecule has 0 saturated carbocycles. The van der Waals surface area contributed by atoms with Gasteiger partial charge < -0.3 is 9.84 Å². The molecule has 2 aromatic heterocycles. The van der Waals surface area contributed by atoms with E-state index in [4.69, 9.17) is 9.84 Å². The molecule has 0 saturated heterocycles. The summed E-state index contributed by atoms with van der Waals surface area (Å²) in [5, 5.41) is 12.8. The number of aromatic carboxylic acids is 1. The summed E-state index contributed by atoms with van der Waals surface area (Å²) >= 11 is 0. The molecule has 0 unspecified atom stereocenters. The van der Waals surface area contributed by atoms with Gasteiger partial charge in [0.15, 0.2) is 0 Å². The molecule has 0 aliphatic heterocycles. The highest BCUT2D eigenvalue weighted by atomic mass is 16.5. The fourth-order valence-electron chi connectivity index (χ4n) is 1.36. The Hall–Kier alpha value is -2.37. The molecule has 0 fully saturated rings. The van der Waals surface area contributed by atoms with Crippen LogP contribution in [0.25, 0.3) is 0 Å². The molecule has 0 aliphatic rings. The van der Waals surface area contributed by atoms with Crippen LogP contribution in [-0.2, 0) is 7.05 Å². The van der Waals surface area contributed by atoms with E-state index >= 15 is 0 Å². The van der Waals surface area contributed by atoms with Crippen LogP contribution in [0.4, 0.5) is 0 Å². The Morgan fingerprint density at radius 2 is 2.24 bits per heavy atom. The number of carboxylic acid groups (broad SMARTS) is 1. The van der Waals surface area contributed by atoms with E-state index in [9.17, 15) is 4.79 Å². The van der Waals surface area contributed by atoms with Crippen LogP contribution in [0, 0.1) is 6.92 Å². The highest BCUT2D eigenvalue weighted by Gasteiger charge is 2.07. The molecule has 17 heavy (non-hydrogen) atoms. The molecular formula is C11H11N3O3. The van der Waals surface area contributed by atoms with Gasteiger partial charge in [-0.25, -0.2) is 14.5 Å². The number of aryl methyl sites for hydroxylation is 2. The van der Waals surface area contributed by atoms with Crippen LogP contribution in [0.2, 0.25) is 0 Å². The minimum Gasteiger partial charge on any atom is -0.478 e. The maximum atomic E-state index is 10.6. The van der Waals surface area contributed by atoms with Crippen molar-refractivity contribution in [3.8, 4) is 11.8 Å². The van der Waals surface area contributed by atoms with Gasteiger partial charge in [-0.2, -0.15) is 5.10 Å². The van der Waals surface area contributed by atoms with Crippen LogP contribution in [0.1, 0.15) is 16.1 Å². The first-order valence-corrected chi connectivity index (χ1v) is 4.94. The van der Waals surface area contributed by atoms with Gasteiger partial charge in [0.05, 0.1) is 11.3 Å². The van der Waals surface area contributed by atoms with Gasteiger partial charge in [0.1, 0.15) is 0 Å². The maximum absolute atomic E-state index is 10.6. The number of aromatic nitrogens is 3. The molecule has 6 heteroatoms. The molecule has 88 valence electrons. The zero-order chi connectivity index (χ0) is 12.4. The van der Waals surface area contributed by atoms with Crippen molar-refractivity contribution < 1.29 is 14.6 Å². The molecule has 2 heterocycles. The normalized spacial score (nSPS) is 10.2. The zero-order valence-electron chi connectivity index (χ0n) is 9.41. The smallest absolute Gasteiger partial charge is 0.337 e. The molecule has 6 nitrogen and oxygen atoms in total. The van der Waals surface area contributed by atoms with Crippen LogP contribution < -0.4 is 4.74 Å². The number of pyridine rings is 1. The summed E-state index contributed by atoms with van der Waals surface area (Å²) in [6, 6.07) is 4.71. The number of hydrogen-bond donors (Lipinski definition) is 1. The third-order valence-electron chi connectivity index (χ3n) is 2.15. The van der Waals surface area contributed by atoms with Crippen molar-refractivity contribution in [2.45, 2.75) is 6.92 Å². The number of hydrogen-bond acceptors (Lipinski definition) is 4. The monoisotopic (exact) mass is 233 g/mol. The molecule has 0 aromatic carbocycles. The summed E-state index contributed by atoms with van der Waals surface area (Å²) in [7, 11) is 1.76. The van der Waals surface area contributed by atoms with E-state index in [0.717, 1.165) is 5.69 Å². The Morgan fingerprint density at radius 1 is 1.47 bits per heavy atom. The molecule has 2 rings (SSSR count). The summed E-state index contributed by atoms with van der Waals surface area (Å²) in [6.07, 6.45) is 1.25. The standard InChI is InChI=1S/C11H11N3O3/c1-7-5-10(14(2)13-7)17-9-4-3-8(6-12-9)11(15)16/h3-6H,1-2H3,(H,15,16). The molecular weight excluding hydrogens is 222 g/mol. The summed E-state index contributed by atoms with van der Waals surface area (Å²) < 4.78 is 7.05. The van der Waals surface area contributed by atoms with Gasteiger partial charge in [0.25, 0.3) is 0 Å². The van der Waals surface area contributed by atoms with Gasteiger partial charge in [-0.15, -0.1) is 0 Å². The predicted molar refractivity (Wildman–Crippen MR) is 59.2 cm³/mol. The van der Waals surface area contributed by atoms with Crippen molar-refractivity contribution in [2.75, 3.05) is 0 Å². The van der Waals surface area contributed by atoms with Gasteiger partial charge in [0.2, 0.25) is 11.8 Å². The van der Waals surface area contributed by atoms with E-state index in [1.54, 1.807) is 17.8 Å². The van der Waals surface area contributed by atoms with Crippen molar-refractivity contribution in [2.24, 2.45) is 7.05 Å². The van der Waals surface area contributed by atoms with Crippen LogP contribution in [0.15, 0.2) is 24.4 Å². The van der Waals surface area contributed by atoms with Crippen LogP contribution in [-0.4, -0.2) is 25.8 Å². The van der Waals surface area contributed by atoms with Crippen molar-refractivity contribution in [3.05, 3.63) is 35.7 Å². The highest BCUT2D eigenvalue weighted by Crippen LogP contribution is 2.19. The average Bonchev–Trinajstić information content (AvgIpc) is 2.58. The summed E-state index contributed by atoms with van der Waals surface area (Å²) in [5.74, 6) is -0.128. The quantitative estimate of drug-likeness (QED) is 0.871. The van der Waals surface area contributed by atoms with Crippen LogP contribution >= 0.6 is 0 Å². The van der Waals surface area contributed by atoms with Crippen molar-refractivity contribution in [3.63, 3.8) is 0 Å². The molecule has 0 bridgehead atoms. The maximum Gasteiger partial charge on any atom is 0.337 e. The second kappa shape index (κ2) is 4.25. The second-order valence-corrected chi connectivity index (χ2v) is 3.54. The predicted octanol–water partition coefficient (Wildman–Crippen LogP) is 1.61. The Morgan fingerprint density at radius 3 is 2.71 bits per heavy atom. The molecule has 0 amide bonds. The van der Waals surface area contributed by atoms with E-state index in [-0.39, 0.29) is 5.56 Å². The second-order valence-electron chi connectivity index (χ2n) is 3.54. The number of carboxylic acids is 1. The van der Waals surface area contributed by atoms with Gasteiger partial charge in [-0.05, 0) is 13.0 Å². The number of carbonyl (C=O) groups is 1. The third kappa shape index (κ3) is 2.41. The topological polar surface area (TPSA) is 77.2 Å². The largest absolute Gasteiger partial charge is 0.478 e. The van der Waals surface area contributed by atoms with E-state index in [1.165, 1.54) is 18.3 Å². The lowest BCUT2D eigenvalue weighted by Crippen LogP contribution is -1.99. The van der Waals surface area contributed by atoms with Crippen LogP contribution in [0.5, 0.6) is 11.8 Å². The number of nitrogens with zero attached hydrogens (tertiary/aromatic N) is 3. The van der Waals surface area contributed by atoms with Gasteiger partial charge >= 0.3 is 5.97 Å². The first-order valence-electron chi connectivity index (χ1n) is 4.94. The Balaban J connectivity index is 2.19. The first kappa shape index (κ1) is 11.1. The van der Waals surface area contributed by atoms with Gasteiger partial charge in [-0.3, -0.25) is 0 Å². The number of ether oxygens (including phenoxy) is 1. The lowest BCUT2D eigenvalue weighted by Gasteiger charge is -2.03. The van der Waals surface area contributed by atoms with Crippen molar-refractivity contribution >= 4 is 5.97 Å². The molecule has 0 aliphatic carbocycles. The van der Waals surface area contributed by atoms with E-state index in [0.29, 0.717) is 11.8 Å². The molecule has 2 aromatic rings. The summed E-state index contributed by atoms with van der Waals surface area (Å²) in [6.45, 7) is 1.85. The molecule has 0 atom stereocenters.